The van der Waals surface area contributed by atoms with Gasteiger partial charge in [-0.25, -0.2) is 0 Å². The van der Waals surface area contributed by atoms with Crippen LogP contribution >= 0.6 is 11.6 Å². The van der Waals surface area contributed by atoms with Gasteiger partial charge in [0.05, 0.1) is 5.38 Å². The summed E-state index contributed by atoms with van der Waals surface area (Å²) in [7, 11) is 0. The first-order valence-corrected chi connectivity index (χ1v) is 5.25. The number of halogens is 1. The second kappa shape index (κ2) is 4.37. The zero-order valence-electron chi connectivity index (χ0n) is 8.23. The van der Waals surface area contributed by atoms with Crippen LogP contribution in [0.3, 0.4) is 0 Å². The highest BCUT2D eigenvalue weighted by atomic mass is 35.5. The number of alkyl halides is 1. The molecule has 1 aliphatic carbocycles. The third-order valence-corrected chi connectivity index (χ3v) is 2.80. The highest BCUT2D eigenvalue weighted by Crippen LogP contribution is 2.23. The molecular formula is C13H12ClN. The van der Waals surface area contributed by atoms with Crippen molar-refractivity contribution < 1.29 is 0 Å². The molecule has 2 rings (SSSR count). The van der Waals surface area contributed by atoms with Crippen molar-refractivity contribution in [1.29, 1.82) is 0 Å². The largest absolute Gasteiger partial charge is 0.401 e. The van der Waals surface area contributed by atoms with Gasteiger partial charge in [0.25, 0.3) is 0 Å². The van der Waals surface area contributed by atoms with E-state index in [9.17, 15) is 0 Å². The molecule has 1 nitrogen and oxygen atoms in total. The number of allylic oxidation sites excluding steroid dienone is 4. The monoisotopic (exact) mass is 217 g/mol. The number of benzene rings is 1. The molecule has 76 valence electrons. The predicted octanol–water partition coefficient (Wildman–Crippen LogP) is 3.09. The molecule has 0 aliphatic heterocycles. The Morgan fingerprint density at radius 3 is 2.67 bits per heavy atom. The van der Waals surface area contributed by atoms with E-state index >= 15 is 0 Å². The lowest BCUT2D eigenvalue weighted by Gasteiger charge is -2.14. The molecular weight excluding hydrogens is 206 g/mol. The van der Waals surface area contributed by atoms with Crippen LogP contribution in [0.5, 0.6) is 0 Å². The summed E-state index contributed by atoms with van der Waals surface area (Å²) in [4.78, 5) is 0. The molecule has 15 heavy (non-hydrogen) atoms. The van der Waals surface area contributed by atoms with Gasteiger partial charge in [-0.05, 0) is 23.3 Å². The van der Waals surface area contributed by atoms with Crippen LogP contribution in [0.4, 0.5) is 0 Å². The highest BCUT2D eigenvalue weighted by molar-refractivity contribution is 6.25. The van der Waals surface area contributed by atoms with Crippen LogP contribution in [0.1, 0.15) is 5.56 Å². The quantitative estimate of drug-likeness (QED) is 0.719. The van der Waals surface area contributed by atoms with Crippen LogP contribution in [0, 0.1) is 0 Å². The van der Waals surface area contributed by atoms with Gasteiger partial charge in [-0.3, -0.25) is 0 Å². The number of rotatable bonds is 1. The Labute approximate surface area is 94.6 Å². The first kappa shape index (κ1) is 10.1. The molecule has 0 saturated heterocycles. The standard InChI is InChI=1S/C13H12ClN/c14-13-11(7-4-8-12(13)15)9-10-5-2-1-3-6-10/h1-9,13H,15H2. The summed E-state index contributed by atoms with van der Waals surface area (Å²) < 4.78 is 0. The Hall–Kier alpha value is -1.47. The fourth-order valence-electron chi connectivity index (χ4n) is 1.49. The maximum atomic E-state index is 6.17. The molecule has 2 N–H and O–H groups in total. The summed E-state index contributed by atoms with van der Waals surface area (Å²) in [5.41, 5.74) is 8.62. The molecule has 0 heterocycles. The summed E-state index contributed by atoms with van der Waals surface area (Å²) >= 11 is 6.17. The SMILES string of the molecule is NC1=CC=CC(=Cc2ccccc2)C1Cl. The Bertz CT molecular complexity index is 429. The van der Waals surface area contributed by atoms with Crippen molar-refractivity contribution in [3.05, 3.63) is 65.4 Å². The first-order valence-electron chi connectivity index (χ1n) is 4.82. The molecule has 0 bridgehead atoms. The molecule has 1 aromatic carbocycles. The van der Waals surface area contributed by atoms with Crippen LogP contribution in [-0.2, 0) is 0 Å². The number of hydrogen-bond donors (Lipinski definition) is 1. The average Bonchev–Trinajstić information content (AvgIpc) is 2.26. The number of hydrogen-bond acceptors (Lipinski definition) is 1. The maximum Gasteiger partial charge on any atom is 0.0979 e. The topological polar surface area (TPSA) is 26.0 Å². The molecule has 1 atom stereocenters. The molecule has 0 radical (unpaired) electrons. The van der Waals surface area contributed by atoms with Crippen molar-refractivity contribution in [2.45, 2.75) is 5.38 Å². The van der Waals surface area contributed by atoms with Crippen molar-refractivity contribution in [3.8, 4) is 0 Å². The van der Waals surface area contributed by atoms with E-state index in [1.165, 1.54) is 0 Å². The molecule has 0 spiro atoms. The maximum absolute atomic E-state index is 6.17. The van der Waals surface area contributed by atoms with E-state index in [1.807, 2.05) is 54.6 Å². The van der Waals surface area contributed by atoms with Crippen LogP contribution in [0.25, 0.3) is 6.08 Å². The first-order chi connectivity index (χ1) is 7.27. The molecule has 0 fully saturated rings. The predicted molar refractivity (Wildman–Crippen MR) is 65.5 cm³/mol. The van der Waals surface area contributed by atoms with E-state index in [2.05, 4.69) is 0 Å². The van der Waals surface area contributed by atoms with E-state index in [4.69, 9.17) is 17.3 Å². The normalized spacial score (nSPS) is 22.9. The summed E-state index contributed by atoms with van der Waals surface area (Å²) in [6, 6.07) is 10.1. The lowest BCUT2D eigenvalue weighted by atomic mass is 10.0. The fourth-order valence-corrected chi connectivity index (χ4v) is 1.70. The zero-order valence-corrected chi connectivity index (χ0v) is 8.98. The summed E-state index contributed by atoms with van der Waals surface area (Å²) in [5.74, 6) is 0. The van der Waals surface area contributed by atoms with Gasteiger partial charge >= 0.3 is 0 Å². The third kappa shape index (κ3) is 2.31. The highest BCUT2D eigenvalue weighted by Gasteiger charge is 2.13. The molecule has 0 aromatic heterocycles. The lowest BCUT2D eigenvalue weighted by molar-refractivity contribution is 1.11. The molecule has 1 aromatic rings. The van der Waals surface area contributed by atoms with Crippen molar-refractivity contribution in [1.82, 2.24) is 0 Å². The second-order valence-electron chi connectivity index (χ2n) is 3.44. The Kier molecular flexibility index (Phi) is 2.93. The summed E-state index contributed by atoms with van der Waals surface area (Å²) in [5, 5.41) is -0.213. The zero-order chi connectivity index (χ0) is 10.7. The third-order valence-electron chi connectivity index (χ3n) is 2.30. The van der Waals surface area contributed by atoms with Gasteiger partial charge in [0, 0.05) is 5.70 Å². The molecule has 0 amide bonds. The van der Waals surface area contributed by atoms with Gasteiger partial charge in [0.2, 0.25) is 0 Å². The van der Waals surface area contributed by atoms with Crippen LogP contribution in [0.15, 0.2) is 59.8 Å². The van der Waals surface area contributed by atoms with Gasteiger partial charge in [-0.2, -0.15) is 0 Å². The van der Waals surface area contributed by atoms with Gasteiger partial charge in [-0.1, -0.05) is 42.5 Å². The second-order valence-corrected chi connectivity index (χ2v) is 3.88. The van der Waals surface area contributed by atoms with Crippen LogP contribution < -0.4 is 5.73 Å². The summed E-state index contributed by atoms with van der Waals surface area (Å²) in [6.07, 6.45) is 7.79. The van der Waals surface area contributed by atoms with Crippen LogP contribution in [0.2, 0.25) is 0 Å². The molecule has 1 aliphatic rings. The average molecular weight is 218 g/mol. The minimum absolute atomic E-state index is 0.213. The minimum atomic E-state index is -0.213. The molecule has 2 heteroatoms. The van der Waals surface area contributed by atoms with E-state index in [-0.39, 0.29) is 5.38 Å². The van der Waals surface area contributed by atoms with Crippen LogP contribution in [-0.4, -0.2) is 5.38 Å². The summed E-state index contributed by atoms with van der Waals surface area (Å²) in [6.45, 7) is 0. The van der Waals surface area contributed by atoms with E-state index < -0.39 is 0 Å². The molecule has 1 unspecified atom stereocenters. The van der Waals surface area contributed by atoms with Gasteiger partial charge < -0.3 is 5.73 Å². The van der Waals surface area contributed by atoms with Gasteiger partial charge in [0.15, 0.2) is 0 Å². The van der Waals surface area contributed by atoms with Crippen molar-refractivity contribution in [2.24, 2.45) is 5.73 Å². The van der Waals surface area contributed by atoms with E-state index in [0.29, 0.717) is 5.70 Å². The van der Waals surface area contributed by atoms with E-state index in [0.717, 1.165) is 11.1 Å². The van der Waals surface area contributed by atoms with Crippen molar-refractivity contribution in [2.75, 3.05) is 0 Å². The Morgan fingerprint density at radius 1 is 1.20 bits per heavy atom. The van der Waals surface area contributed by atoms with Gasteiger partial charge in [-0.15, -0.1) is 11.6 Å². The molecule has 0 saturated carbocycles. The minimum Gasteiger partial charge on any atom is -0.401 e. The number of nitrogens with two attached hydrogens (primary N) is 1. The fraction of sp³-hybridized carbons (Fsp3) is 0.0769. The Morgan fingerprint density at radius 2 is 1.93 bits per heavy atom. The smallest absolute Gasteiger partial charge is 0.0979 e. The van der Waals surface area contributed by atoms with Crippen molar-refractivity contribution >= 4 is 17.7 Å². The Balaban J connectivity index is 2.29. The van der Waals surface area contributed by atoms with Crippen molar-refractivity contribution in [3.63, 3.8) is 0 Å². The van der Waals surface area contributed by atoms with Gasteiger partial charge in [0.1, 0.15) is 0 Å². The lowest BCUT2D eigenvalue weighted by Crippen LogP contribution is -2.15. The van der Waals surface area contributed by atoms with E-state index in [1.54, 1.807) is 0 Å².